The molecule has 0 atom stereocenters. The normalized spacial score (nSPS) is 16.8. The first-order valence-electron chi connectivity index (χ1n) is 5.89. The van der Waals surface area contributed by atoms with Crippen LogP contribution in [0.25, 0.3) is 0 Å². The molecule has 1 aromatic rings. The third-order valence-electron chi connectivity index (χ3n) is 3.22. The number of hydrogen-bond donors (Lipinski definition) is 0. The van der Waals surface area contributed by atoms with Gasteiger partial charge in [0, 0.05) is 24.3 Å². The van der Waals surface area contributed by atoms with Crippen LogP contribution < -0.4 is 9.47 Å². The van der Waals surface area contributed by atoms with Crippen LogP contribution in [0.1, 0.15) is 30.7 Å². The van der Waals surface area contributed by atoms with Gasteiger partial charge in [-0.1, -0.05) is 0 Å². The van der Waals surface area contributed by atoms with Gasteiger partial charge in [-0.15, -0.1) is 0 Å². The van der Waals surface area contributed by atoms with Crippen LogP contribution in [0.5, 0.6) is 11.5 Å². The van der Waals surface area contributed by atoms with Crippen molar-refractivity contribution in [3.63, 3.8) is 0 Å². The third-order valence-corrected chi connectivity index (χ3v) is 3.22. The van der Waals surface area contributed by atoms with Crippen molar-refractivity contribution in [2.24, 2.45) is 0 Å². The lowest BCUT2D eigenvalue weighted by Crippen LogP contribution is -2.21. The molecular weight excluding hydrogens is 232 g/mol. The summed E-state index contributed by atoms with van der Waals surface area (Å²) < 4.78 is 10.5. The summed E-state index contributed by atoms with van der Waals surface area (Å²) in [6, 6.07) is 5.45. The van der Waals surface area contributed by atoms with Gasteiger partial charge >= 0.3 is 0 Å². The topological polar surface area (TPSA) is 52.6 Å². The highest BCUT2D eigenvalue weighted by Gasteiger charge is 2.28. The number of hydrogen-bond acceptors (Lipinski definition) is 4. The van der Waals surface area contributed by atoms with Crippen molar-refractivity contribution in [2.75, 3.05) is 14.2 Å². The summed E-state index contributed by atoms with van der Waals surface area (Å²) in [7, 11) is 3.17. The van der Waals surface area contributed by atoms with Crippen LogP contribution in [-0.2, 0) is 9.59 Å². The number of carbonyl (C=O) groups is 2. The molecule has 1 aliphatic carbocycles. The van der Waals surface area contributed by atoms with Crippen molar-refractivity contribution in [2.45, 2.75) is 25.2 Å². The molecular formula is C14H16O4. The summed E-state index contributed by atoms with van der Waals surface area (Å²) in [6.45, 7) is 0. The van der Waals surface area contributed by atoms with Crippen LogP contribution >= 0.6 is 0 Å². The van der Waals surface area contributed by atoms with Crippen LogP contribution in [0, 0.1) is 0 Å². The molecule has 0 unspecified atom stereocenters. The van der Waals surface area contributed by atoms with Crippen LogP contribution in [0.15, 0.2) is 18.2 Å². The number of rotatable bonds is 3. The maximum absolute atomic E-state index is 11.5. The first-order chi connectivity index (χ1) is 8.63. The monoisotopic (exact) mass is 248 g/mol. The fourth-order valence-corrected chi connectivity index (χ4v) is 2.36. The summed E-state index contributed by atoms with van der Waals surface area (Å²) in [6.07, 6.45) is 0.868. The van der Waals surface area contributed by atoms with E-state index in [2.05, 4.69) is 0 Å². The predicted octanol–water partition coefficient (Wildman–Crippen LogP) is 2.11. The zero-order chi connectivity index (χ0) is 13.1. The van der Waals surface area contributed by atoms with E-state index in [1.807, 2.05) is 6.07 Å². The molecule has 0 bridgehead atoms. The van der Waals surface area contributed by atoms with E-state index in [0.29, 0.717) is 24.3 Å². The number of ketones is 2. The van der Waals surface area contributed by atoms with Crippen LogP contribution in [0.4, 0.5) is 0 Å². The lowest BCUT2D eigenvalue weighted by molar-refractivity contribution is -0.130. The molecule has 96 valence electrons. The largest absolute Gasteiger partial charge is 0.497 e. The van der Waals surface area contributed by atoms with E-state index in [1.54, 1.807) is 26.4 Å². The van der Waals surface area contributed by atoms with Gasteiger partial charge in [0.1, 0.15) is 23.1 Å². The minimum absolute atomic E-state index is 0.00104. The molecule has 2 rings (SSSR count). The quantitative estimate of drug-likeness (QED) is 0.769. The molecule has 0 aromatic heterocycles. The average Bonchev–Trinajstić information content (AvgIpc) is 2.36. The summed E-state index contributed by atoms with van der Waals surface area (Å²) >= 11 is 0. The van der Waals surface area contributed by atoms with E-state index in [4.69, 9.17) is 9.47 Å². The van der Waals surface area contributed by atoms with Crippen LogP contribution in [0.2, 0.25) is 0 Å². The molecule has 1 aliphatic rings. The molecule has 0 N–H and O–H groups in total. The molecule has 0 spiro atoms. The van der Waals surface area contributed by atoms with Crippen molar-refractivity contribution in [1.29, 1.82) is 0 Å². The molecule has 0 heterocycles. The van der Waals surface area contributed by atoms with Gasteiger partial charge in [0.05, 0.1) is 20.6 Å². The predicted molar refractivity (Wildman–Crippen MR) is 66.2 cm³/mol. The first kappa shape index (κ1) is 12.6. The number of methoxy groups -OCH3 is 2. The SMILES string of the molecule is COc1ccc(OC)c(C2CC(=O)CC(=O)C2)c1. The van der Waals surface area contributed by atoms with Crippen molar-refractivity contribution in [3.05, 3.63) is 23.8 Å². The van der Waals surface area contributed by atoms with E-state index in [0.717, 1.165) is 5.56 Å². The Hall–Kier alpha value is -1.84. The van der Waals surface area contributed by atoms with E-state index in [-0.39, 0.29) is 23.9 Å². The van der Waals surface area contributed by atoms with E-state index >= 15 is 0 Å². The highest BCUT2D eigenvalue weighted by atomic mass is 16.5. The maximum atomic E-state index is 11.5. The molecule has 0 amide bonds. The van der Waals surface area contributed by atoms with Crippen molar-refractivity contribution < 1.29 is 19.1 Å². The van der Waals surface area contributed by atoms with Gasteiger partial charge < -0.3 is 9.47 Å². The molecule has 1 aromatic carbocycles. The van der Waals surface area contributed by atoms with Crippen molar-refractivity contribution in [3.8, 4) is 11.5 Å². The Labute approximate surface area is 106 Å². The fraction of sp³-hybridized carbons (Fsp3) is 0.429. The van der Waals surface area contributed by atoms with Crippen molar-refractivity contribution in [1.82, 2.24) is 0 Å². The van der Waals surface area contributed by atoms with Gasteiger partial charge in [0.2, 0.25) is 0 Å². The Bertz CT molecular complexity index is 463. The molecule has 18 heavy (non-hydrogen) atoms. The van der Waals surface area contributed by atoms with Gasteiger partial charge in [-0.2, -0.15) is 0 Å². The van der Waals surface area contributed by atoms with Gasteiger partial charge in [-0.25, -0.2) is 0 Å². The Morgan fingerprint density at radius 1 is 1.06 bits per heavy atom. The lowest BCUT2D eigenvalue weighted by atomic mass is 9.82. The number of ether oxygens (including phenoxy) is 2. The first-order valence-corrected chi connectivity index (χ1v) is 5.89. The number of carbonyl (C=O) groups excluding carboxylic acids is 2. The summed E-state index contributed by atoms with van der Waals surface area (Å²) in [5, 5.41) is 0. The second-order valence-electron chi connectivity index (χ2n) is 4.47. The second-order valence-corrected chi connectivity index (χ2v) is 4.47. The smallest absolute Gasteiger partial charge is 0.140 e. The zero-order valence-corrected chi connectivity index (χ0v) is 10.6. The minimum Gasteiger partial charge on any atom is -0.497 e. The Balaban J connectivity index is 2.35. The number of Topliss-reactive ketones (excluding diaryl/α,β-unsaturated/α-hetero) is 2. The summed E-state index contributed by atoms with van der Waals surface area (Å²) in [4.78, 5) is 23.0. The molecule has 0 radical (unpaired) electrons. The molecule has 1 fully saturated rings. The summed E-state index contributed by atoms with van der Waals surface area (Å²) in [5.74, 6) is 1.31. The van der Waals surface area contributed by atoms with Crippen molar-refractivity contribution >= 4 is 11.6 Å². The van der Waals surface area contributed by atoms with Gasteiger partial charge in [-0.3, -0.25) is 9.59 Å². The number of benzene rings is 1. The standard InChI is InChI=1S/C14H16O4/c1-17-12-3-4-14(18-2)13(8-12)9-5-10(15)7-11(16)6-9/h3-4,8-9H,5-7H2,1-2H3. The third kappa shape index (κ3) is 2.53. The van der Waals surface area contributed by atoms with Crippen LogP contribution in [-0.4, -0.2) is 25.8 Å². The zero-order valence-electron chi connectivity index (χ0n) is 10.6. The summed E-state index contributed by atoms with van der Waals surface area (Å²) in [5.41, 5.74) is 0.873. The second kappa shape index (κ2) is 5.21. The maximum Gasteiger partial charge on any atom is 0.140 e. The van der Waals surface area contributed by atoms with Gasteiger partial charge in [0.25, 0.3) is 0 Å². The highest BCUT2D eigenvalue weighted by Crippen LogP contribution is 2.37. The molecule has 4 heteroatoms. The lowest BCUT2D eigenvalue weighted by Gasteiger charge is -2.22. The minimum atomic E-state index is -0.0937. The van der Waals surface area contributed by atoms with E-state index in [9.17, 15) is 9.59 Å². The Morgan fingerprint density at radius 3 is 2.28 bits per heavy atom. The van der Waals surface area contributed by atoms with Gasteiger partial charge in [-0.05, 0) is 18.2 Å². The average molecular weight is 248 g/mol. The Morgan fingerprint density at radius 2 is 1.72 bits per heavy atom. The molecule has 1 saturated carbocycles. The highest BCUT2D eigenvalue weighted by molar-refractivity contribution is 6.02. The molecule has 0 saturated heterocycles. The van der Waals surface area contributed by atoms with Gasteiger partial charge in [0.15, 0.2) is 0 Å². The Kier molecular flexibility index (Phi) is 3.65. The molecule has 4 nitrogen and oxygen atoms in total. The molecule has 0 aliphatic heterocycles. The fourth-order valence-electron chi connectivity index (χ4n) is 2.36. The van der Waals surface area contributed by atoms with Crippen LogP contribution in [0.3, 0.4) is 0 Å². The van der Waals surface area contributed by atoms with E-state index < -0.39 is 0 Å². The van der Waals surface area contributed by atoms with E-state index in [1.165, 1.54) is 0 Å².